The van der Waals surface area contributed by atoms with Crippen molar-refractivity contribution < 1.29 is 9.53 Å². The van der Waals surface area contributed by atoms with E-state index in [1.165, 1.54) is 5.56 Å². The second-order valence-electron chi connectivity index (χ2n) is 4.73. The molecule has 0 saturated carbocycles. The first kappa shape index (κ1) is 13.1. The Labute approximate surface area is 109 Å². The van der Waals surface area contributed by atoms with Crippen molar-refractivity contribution in [1.29, 1.82) is 0 Å². The molecule has 98 valence electrons. The summed E-state index contributed by atoms with van der Waals surface area (Å²) in [6, 6.07) is 10.5. The zero-order valence-electron chi connectivity index (χ0n) is 11.1. The Morgan fingerprint density at radius 3 is 2.83 bits per heavy atom. The zero-order chi connectivity index (χ0) is 13.0. The maximum atomic E-state index is 11.9. The van der Waals surface area contributed by atoms with E-state index < -0.39 is 0 Å². The van der Waals surface area contributed by atoms with Crippen molar-refractivity contribution in [3.63, 3.8) is 0 Å². The third-order valence-corrected chi connectivity index (χ3v) is 3.63. The summed E-state index contributed by atoms with van der Waals surface area (Å²) in [7, 11) is 0. The minimum absolute atomic E-state index is 0.0693. The van der Waals surface area contributed by atoms with Crippen LogP contribution in [0.15, 0.2) is 30.3 Å². The van der Waals surface area contributed by atoms with Crippen LogP contribution in [0.2, 0.25) is 0 Å². The predicted molar refractivity (Wildman–Crippen MR) is 71.2 cm³/mol. The first-order valence-electron chi connectivity index (χ1n) is 6.71. The molecule has 2 atom stereocenters. The molecule has 0 bridgehead atoms. The van der Waals surface area contributed by atoms with E-state index in [1.807, 2.05) is 25.1 Å². The fourth-order valence-corrected chi connectivity index (χ4v) is 2.67. The highest BCUT2D eigenvalue weighted by Crippen LogP contribution is 2.29. The van der Waals surface area contributed by atoms with Crippen LogP contribution in [0.25, 0.3) is 0 Å². The third kappa shape index (κ3) is 2.72. The van der Waals surface area contributed by atoms with Crippen molar-refractivity contribution in [3.8, 4) is 0 Å². The monoisotopic (exact) mass is 247 g/mol. The van der Waals surface area contributed by atoms with E-state index in [0.29, 0.717) is 6.61 Å². The molecule has 1 aliphatic rings. The lowest BCUT2D eigenvalue weighted by atomic mass is 10.1. The minimum Gasteiger partial charge on any atom is -0.465 e. The summed E-state index contributed by atoms with van der Waals surface area (Å²) in [6.07, 6.45) is 1.98. The van der Waals surface area contributed by atoms with E-state index in [9.17, 15) is 4.79 Å². The third-order valence-electron chi connectivity index (χ3n) is 3.63. The Hall–Kier alpha value is -1.35. The van der Waals surface area contributed by atoms with Crippen LogP contribution in [0, 0.1) is 0 Å². The van der Waals surface area contributed by atoms with Gasteiger partial charge in [0.15, 0.2) is 0 Å². The van der Waals surface area contributed by atoms with Crippen LogP contribution in [0.4, 0.5) is 0 Å². The van der Waals surface area contributed by atoms with E-state index in [-0.39, 0.29) is 18.1 Å². The standard InChI is InChI=1S/C15H21NO2/c1-3-18-15(17)14-10-7-11-16(14)12(2)13-8-5-4-6-9-13/h4-6,8-9,12,14H,3,7,10-11H2,1-2H3. The molecule has 1 fully saturated rings. The maximum Gasteiger partial charge on any atom is 0.323 e. The quantitative estimate of drug-likeness (QED) is 0.766. The average Bonchev–Trinajstić information content (AvgIpc) is 2.88. The zero-order valence-corrected chi connectivity index (χ0v) is 11.1. The topological polar surface area (TPSA) is 29.5 Å². The van der Waals surface area contributed by atoms with Crippen LogP contribution >= 0.6 is 0 Å². The summed E-state index contributed by atoms with van der Waals surface area (Å²) >= 11 is 0. The molecule has 1 heterocycles. The maximum absolute atomic E-state index is 11.9. The smallest absolute Gasteiger partial charge is 0.323 e. The number of hydrogen-bond donors (Lipinski definition) is 0. The van der Waals surface area contributed by atoms with E-state index >= 15 is 0 Å². The van der Waals surface area contributed by atoms with Gasteiger partial charge in [-0.25, -0.2) is 0 Å². The Balaban J connectivity index is 2.09. The van der Waals surface area contributed by atoms with E-state index in [0.717, 1.165) is 19.4 Å². The molecule has 1 aliphatic heterocycles. The van der Waals surface area contributed by atoms with Gasteiger partial charge in [0.05, 0.1) is 6.61 Å². The van der Waals surface area contributed by atoms with Gasteiger partial charge in [0, 0.05) is 6.04 Å². The number of likely N-dealkylation sites (tertiary alicyclic amines) is 1. The second-order valence-corrected chi connectivity index (χ2v) is 4.73. The van der Waals surface area contributed by atoms with E-state index in [4.69, 9.17) is 4.74 Å². The van der Waals surface area contributed by atoms with Gasteiger partial charge in [-0.1, -0.05) is 30.3 Å². The van der Waals surface area contributed by atoms with Gasteiger partial charge in [0.2, 0.25) is 0 Å². The van der Waals surface area contributed by atoms with Crippen molar-refractivity contribution in [2.24, 2.45) is 0 Å². The molecule has 3 heteroatoms. The number of nitrogens with zero attached hydrogens (tertiary/aromatic N) is 1. The van der Waals surface area contributed by atoms with Crippen LogP contribution in [-0.4, -0.2) is 30.1 Å². The number of ether oxygens (including phenoxy) is 1. The molecule has 0 N–H and O–H groups in total. The normalized spacial score (nSPS) is 21.8. The number of carbonyl (C=O) groups excluding carboxylic acids is 1. The summed E-state index contributed by atoms with van der Waals surface area (Å²) in [4.78, 5) is 14.2. The predicted octanol–water partition coefficient (Wildman–Crippen LogP) is 2.78. The van der Waals surface area contributed by atoms with Crippen LogP contribution in [-0.2, 0) is 9.53 Å². The summed E-state index contributed by atoms with van der Waals surface area (Å²) < 4.78 is 5.16. The fraction of sp³-hybridized carbons (Fsp3) is 0.533. The van der Waals surface area contributed by atoms with Crippen molar-refractivity contribution >= 4 is 5.97 Å². The molecule has 1 aromatic rings. The first-order valence-corrected chi connectivity index (χ1v) is 6.71. The largest absolute Gasteiger partial charge is 0.465 e. The van der Waals surface area contributed by atoms with Crippen molar-refractivity contribution in [1.82, 2.24) is 4.90 Å². The van der Waals surface area contributed by atoms with Gasteiger partial charge in [-0.2, -0.15) is 0 Å². The molecule has 3 nitrogen and oxygen atoms in total. The van der Waals surface area contributed by atoms with Gasteiger partial charge in [-0.3, -0.25) is 9.69 Å². The number of rotatable bonds is 4. The summed E-state index contributed by atoms with van der Waals surface area (Å²) in [5.74, 6) is -0.0715. The van der Waals surface area contributed by atoms with Crippen molar-refractivity contribution in [2.45, 2.75) is 38.8 Å². The van der Waals surface area contributed by atoms with Crippen LogP contribution in [0.5, 0.6) is 0 Å². The molecule has 1 saturated heterocycles. The molecule has 1 aromatic carbocycles. The molecule has 2 rings (SSSR count). The van der Waals surface area contributed by atoms with Crippen LogP contribution in [0.3, 0.4) is 0 Å². The molecular formula is C15H21NO2. The number of hydrogen-bond acceptors (Lipinski definition) is 3. The molecular weight excluding hydrogens is 226 g/mol. The van der Waals surface area contributed by atoms with Crippen LogP contribution < -0.4 is 0 Å². The highest BCUT2D eigenvalue weighted by Gasteiger charge is 2.34. The summed E-state index contributed by atoms with van der Waals surface area (Å²) in [5.41, 5.74) is 1.26. The number of benzene rings is 1. The number of carbonyl (C=O) groups is 1. The average molecular weight is 247 g/mol. The Morgan fingerprint density at radius 2 is 2.17 bits per heavy atom. The summed E-state index contributed by atoms with van der Waals surface area (Å²) in [5, 5.41) is 0. The van der Waals surface area contributed by atoms with Gasteiger partial charge >= 0.3 is 5.97 Å². The Bertz CT molecular complexity index is 391. The van der Waals surface area contributed by atoms with Crippen molar-refractivity contribution in [3.05, 3.63) is 35.9 Å². The van der Waals surface area contributed by atoms with E-state index in [1.54, 1.807) is 0 Å². The Kier molecular flexibility index (Phi) is 4.37. The summed E-state index contributed by atoms with van der Waals surface area (Å²) in [6.45, 7) is 5.45. The van der Waals surface area contributed by atoms with Gasteiger partial charge in [-0.15, -0.1) is 0 Å². The van der Waals surface area contributed by atoms with Gasteiger partial charge in [0.25, 0.3) is 0 Å². The van der Waals surface area contributed by atoms with Crippen molar-refractivity contribution in [2.75, 3.05) is 13.2 Å². The van der Waals surface area contributed by atoms with Crippen LogP contribution in [0.1, 0.15) is 38.3 Å². The molecule has 2 unspecified atom stereocenters. The van der Waals surface area contributed by atoms with E-state index in [2.05, 4.69) is 24.0 Å². The first-order chi connectivity index (χ1) is 8.74. The molecule has 0 aliphatic carbocycles. The number of esters is 1. The molecule has 0 spiro atoms. The molecule has 0 radical (unpaired) electrons. The van der Waals surface area contributed by atoms with Gasteiger partial charge in [-0.05, 0) is 38.8 Å². The highest BCUT2D eigenvalue weighted by atomic mass is 16.5. The molecule has 0 amide bonds. The molecule has 0 aromatic heterocycles. The Morgan fingerprint density at radius 1 is 1.44 bits per heavy atom. The second kappa shape index (κ2) is 6.01. The van der Waals surface area contributed by atoms with Gasteiger partial charge in [0.1, 0.15) is 6.04 Å². The minimum atomic E-state index is -0.0715. The molecule has 18 heavy (non-hydrogen) atoms. The van der Waals surface area contributed by atoms with Gasteiger partial charge < -0.3 is 4.74 Å². The lowest BCUT2D eigenvalue weighted by Gasteiger charge is -2.29. The SMILES string of the molecule is CCOC(=O)C1CCCN1C(C)c1ccccc1. The lowest BCUT2D eigenvalue weighted by molar-refractivity contribution is -0.149. The fourth-order valence-electron chi connectivity index (χ4n) is 2.67. The highest BCUT2D eigenvalue weighted by molar-refractivity contribution is 5.76. The lowest BCUT2D eigenvalue weighted by Crippen LogP contribution is -2.38.